The third kappa shape index (κ3) is 3.73. The van der Waals surface area contributed by atoms with Crippen molar-refractivity contribution in [2.45, 2.75) is 31.5 Å². The number of fused-ring (bicyclic) bond motifs is 4. The minimum absolute atomic E-state index is 0.0314. The zero-order chi connectivity index (χ0) is 26.0. The molecule has 3 atom stereocenters. The van der Waals surface area contributed by atoms with Crippen LogP contribution in [0.5, 0.6) is 0 Å². The van der Waals surface area contributed by atoms with Gasteiger partial charge in [-0.3, -0.25) is 9.59 Å². The maximum atomic E-state index is 13.8. The first-order valence-corrected chi connectivity index (χ1v) is 13.1. The summed E-state index contributed by atoms with van der Waals surface area (Å²) in [6.07, 6.45) is 6.27. The van der Waals surface area contributed by atoms with E-state index >= 15 is 0 Å². The molecule has 190 valence electrons. The summed E-state index contributed by atoms with van der Waals surface area (Å²) < 4.78 is 7.74. The highest BCUT2D eigenvalue weighted by atomic mass is 79.9. The Labute approximate surface area is 225 Å². The molecular formula is C27H22BrN7O3. The van der Waals surface area contributed by atoms with Gasteiger partial charge in [0.05, 0.1) is 23.4 Å². The molecule has 0 radical (unpaired) electrons. The van der Waals surface area contributed by atoms with Crippen LogP contribution in [0.2, 0.25) is 0 Å². The summed E-state index contributed by atoms with van der Waals surface area (Å²) in [5, 5.41) is 4.42. The van der Waals surface area contributed by atoms with Crippen LogP contribution in [0.1, 0.15) is 12.8 Å². The van der Waals surface area contributed by atoms with E-state index in [-0.39, 0.29) is 24.4 Å². The van der Waals surface area contributed by atoms with E-state index in [1.54, 1.807) is 35.6 Å². The number of hydrogen-bond donors (Lipinski definition) is 2. The number of furan rings is 1. The van der Waals surface area contributed by atoms with Crippen molar-refractivity contribution in [1.29, 1.82) is 0 Å². The van der Waals surface area contributed by atoms with Crippen molar-refractivity contribution in [1.82, 2.24) is 24.4 Å². The minimum Gasteiger partial charge on any atom is -0.472 e. The number of likely N-dealkylation sites (tertiary alicyclic amines) is 1. The average Bonchev–Trinajstić information content (AvgIpc) is 3.25. The van der Waals surface area contributed by atoms with Crippen LogP contribution in [0, 0.1) is 5.92 Å². The Morgan fingerprint density at radius 2 is 2.03 bits per heavy atom. The summed E-state index contributed by atoms with van der Waals surface area (Å²) in [6, 6.07) is 12.7. The molecule has 3 N–H and O–H groups in total. The van der Waals surface area contributed by atoms with Gasteiger partial charge in [-0.2, -0.15) is 0 Å². The first-order valence-electron chi connectivity index (χ1n) is 12.3. The van der Waals surface area contributed by atoms with Crippen LogP contribution in [0.15, 0.2) is 70.3 Å². The van der Waals surface area contributed by atoms with E-state index in [0.29, 0.717) is 39.6 Å². The summed E-state index contributed by atoms with van der Waals surface area (Å²) in [5.41, 5.74) is 9.58. The molecule has 4 aromatic heterocycles. The second-order valence-corrected chi connectivity index (χ2v) is 10.6. The molecule has 1 saturated heterocycles. The van der Waals surface area contributed by atoms with Crippen LogP contribution >= 0.6 is 15.9 Å². The monoisotopic (exact) mass is 571 g/mol. The van der Waals surface area contributed by atoms with Crippen molar-refractivity contribution < 1.29 is 14.0 Å². The number of aromatic nitrogens is 4. The van der Waals surface area contributed by atoms with Crippen molar-refractivity contribution in [3.63, 3.8) is 0 Å². The van der Waals surface area contributed by atoms with Crippen LogP contribution < -0.4 is 11.1 Å². The molecule has 2 amide bonds. The van der Waals surface area contributed by atoms with Gasteiger partial charge >= 0.3 is 0 Å². The highest BCUT2D eigenvalue weighted by molar-refractivity contribution is 9.10. The summed E-state index contributed by atoms with van der Waals surface area (Å²) >= 11 is 3.33. The predicted octanol–water partition coefficient (Wildman–Crippen LogP) is 4.21. The van der Waals surface area contributed by atoms with E-state index < -0.39 is 6.04 Å². The SMILES string of the molecule is Nc1ncnc2c1c1cc(-c3ccoc3)ccc1n2CC(=O)N1[C@@H]2CC2C[C@H]1C(=O)Nc1cccc(Br)n1. The summed E-state index contributed by atoms with van der Waals surface area (Å²) in [5.74, 6) is 0.777. The fourth-order valence-electron chi connectivity index (χ4n) is 5.66. The lowest BCUT2D eigenvalue weighted by Crippen LogP contribution is -2.46. The molecule has 7 rings (SSSR count). The number of nitrogen functional groups attached to an aromatic ring is 1. The number of carbonyl (C=O) groups excluding carboxylic acids is 2. The molecule has 38 heavy (non-hydrogen) atoms. The molecule has 1 aliphatic carbocycles. The van der Waals surface area contributed by atoms with Crippen LogP contribution in [0.3, 0.4) is 0 Å². The van der Waals surface area contributed by atoms with Gasteiger partial charge in [-0.25, -0.2) is 15.0 Å². The zero-order valence-electron chi connectivity index (χ0n) is 20.0. The zero-order valence-corrected chi connectivity index (χ0v) is 21.6. The van der Waals surface area contributed by atoms with E-state index in [1.165, 1.54) is 6.33 Å². The van der Waals surface area contributed by atoms with Gasteiger partial charge in [0.2, 0.25) is 11.8 Å². The summed E-state index contributed by atoms with van der Waals surface area (Å²) in [7, 11) is 0. The number of hydrogen-bond acceptors (Lipinski definition) is 7. The molecule has 2 fully saturated rings. The first-order chi connectivity index (χ1) is 18.5. The van der Waals surface area contributed by atoms with Gasteiger partial charge < -0.3 is 24.9 Å². The van der Waals surface area contributed by atoms with E-state index in [1.807, 2.05) is 28.8 Å². The number of halogens is 1. The average molecular weight is 572 g/mol. The molecule has 0 spiro atoms. The number of rotatable bonds is 5. The topological polar surface area (TPSA) is 132 Å². The molecule has 0 bridgehead atoms. The second-order valence-electron chi connectivity index (χ2n) is 9.74. The molecule has 10 nitrogen and oxygen atoms in total. The van der Waals surface area contributed by atoms with Crippen molar-refractivity contribution in [2.24, 2.45) is 5.92 Å². The van der Waals surface area contributed by atoms with Gasteiger partial charge in [-0.15, -0.1) is 0 Å². The molecule has 1 saturated carbocycles. The smallest absolute Gasteiger partial charge is 0.248 e. The maximum absolute atomic E-state index is 13.8. The minimum atomic E-state index is -0.549. The summed E-state index contributed by atoms with van der Waals surface area (Å²) in [4.78, 5) is 41.8. The molecule has 1 aliphatic heterocycles. The highest BCUT2D eigenvalue weighted by Gasteiger charge is 2.56. The maximum Gasteiger partial charge on any atom is 0.248 e. The number of piperidine rings is 1. The molecule has 5 heterocycles. The molecule has 1 aromatic carbocycles. The number of carbonyl (C=O) groups is 2. The Bertz CT molecular complexity index is 1730. The molecular weight excluding hydrogens is 550 g/mol. The van der Waals surface area contributed by atoms with E-state index in [4.69, 9.17) is 10.2 Å². The number of nitrogens with zero attached hydrogens (tertiary/aromatic N) is 5. The molecule has 2 aliphatic rings. The van der Waals surface area contributed by atoms with Gasteiger partial charge in [-0.1, -0.05) is 12.1 Å². The third-order valence-electron chi connectivity index (χ3n) is 7.48. The molecule has 11 heteroatoms. The standard InChI is InChI=1S/C27H22BrN7O3/c28-21-2-1-3-22(32-21)33-27(37)20-10-16-9-19(16)35(20)23(36)11-34-18-5-4-14(15-6-7-38-12-15)8-17(18)24-25(29)30-13-31-26(24)34/h1-8,12-13,16,19-20H,9-11H2,(H2,29,30,31)(H,32,33,37)/t16?,19-,20+/m1/s1. The lowest BCUT2D eigenvalue weighted by atomic mass is 10.1. The number of pyridine rings is 1. The fourth-order valence-corrected chi connectivity index (χ4v) is 6.00. The second kappa shape index (κ2) is 8.66. The van der Waals surface area contributed by atoms with Crippen LogP contribution in [-0.4, -0.2) is 48.3 Å². The number of amides is 2. The van der Waals surface area contributed by atoms with Crippen molar-refractivity contribution in [3.05, 3.63) is 65.9 Å². The summed E-state index contributed by atoms with van der Waals surface area (Å²) in [6.45, 7) is 0.0314. The predicted molar refractivity (Wildman–Crippen MR) is 145 cm³/mol. The van der Waals surface area contributed by atoms with E-state index in [0.717, 1.165) is 28.5 Å². The fraction of sp³-hybridized carbons (Fsp3) is 0.222. The lowest BCUT2D eigenvalue weighted by molar-refractivity contribution is -0.138. The van der Waals surface area contributed by atoms with E-state index in [9.17, 15) is 9.59 Å². The van der Waals surface area contributed by atoms with Crippen LogP contribution in [-0.2, 0) is 16.1 Å². The van der Waals surface area contributed by atoms with Crippen LogP contribution in [0.4, 0.5) is 11.6 Å². The van der Waals surface area contributed by atoms with E-state index in [2.05, 4.69) is 36.2 Å². The first kappa shape index (κ1) is 22.9. The highest BCUT2D eigenvalue weighted by Crippen LogP contribution is 2.48. The quantitative estimate of drug-likeness (QED) is 0.302. The Morgan fingerprint density at radius 3 is 2.84 bits per heavy atom. The third-order valence-corrected chi connectivity index (χ3v) is 7.92. The Morgan fingerprint density at radius 1 is 1.13 bits per heavy atom. The molecule has 5 aromatic rings. The largest absolute Gasteiger partial charge is 0.472 e. The number of nitrogens with one attached hydrogen (secondary N) is 1. The number of nitrogens with two attached hydrogens (primary N) is 1. The number of benzene rings is 1. The number of anilines is 2. The van der Waals surface area contributed by atoms with Gasteiger partial charge in [-0.05, 0) is 70.6 Å². The van der Waals surface area contributed by atoms with Crippen molar-refractivity contribution >= 4 is 61.3 Å². The Hall–Kier alpha value is -4.25. The van der Waals surface area contributed by atoms with Crippen LogP contribution in [0.25, 0.3) is 33.1 Å². The Balaban J connectivity index is 1.23. The van der Waals surface area contributed by atoms with Crippen molar-refractivity contribution in [3.8, 4) is 11.1 Å². The van der Waals surface area contributed by atoms with Gasteiger partial charge in [0.1, 0.15) is 40.8 Å². The van der Waals surface area contributed by atoms with Crippen molar-refractivity contribution in [2.75, 3.05) is 11.1 Å². The van der Waals surface area contributed by atoms with Gasteiger partial charge in [0.25, 0.3) is 0 Å². The van der Waals surface area contributed by atoms with Gasteiger partial charge in [0.15, 0.2) is 0 Å². The lowest BCUT2D eigenvalue weighted by Gasteiger charge is -2.27. The normalized spacial score (nSPS) is 20.1. The molecule has 1 unspecified atom stereocenters. The Kier molecular flexibility index (Phi) is 5.22. The van der Waals surface area contributed by atoms with Gasteiger partial charge in [0, 0.05) is 17.0 Å².